The van der Waals surface area contributed by atoms with Crippen LogP contribution in [-0.4, -0.2) is 41.7 Å². The summed E-state index contributed by atoms with van der Waals surface area (Å²) in [5.74, 6) is -2.02. The molecule has 1 saturated heterocycles. The largest absolute Gasteiger partial charge is 0.416 e. The third-order valence-corrected chi connectivity index (χ3v) is 6.21. The zero-order chi connectivity index (χ0) is 23.5. The molecule has 1 atom stereocenters. The van der Waals surface area contributed by atoms with Crippen molar-refractivity contribution >= 4 is 35.1 Å². The van der Waals surface area contributed by atoms with Crippen LogP contribution in [0, 0.1) is 0 Å². The molecule has 0 bridgehead atoms. The number of alkyl halides is 3. The molecule has 3 aliphatic rings. The highest BCUT2D eigenvalue weighted by atomic mass is 19.4. The fourth-order valence-electron chi connectivity index (χ4n) is 4.64. The summed E-state index contributed by atoms with van der Waals surface area (Å²) in [7, 11) is 0. The van der Waals surface area contributed by atoms with Crippen LogP contribution < -0.4 is 15.5 Å². The van der Waals surface area contributed by atoms with Gasteiger partial charge in [0.05, 0.1) is 16.9 Å². The summed E-state index contributed by atoms with van der Waals surface area (Å²) >= 11 is 0. The average molecular weight is 458 g/mol. The standard InChI is InChI=1S/C22H17F3N4O4/c23-22(24,25)13-5-6-16-15(9-13)26-17(30)10-28(16)18(31)11-29-19(32)21(27-20(29)33)8-7-12-3-1-2-4-14(12)21/h1-6,9H,7-8,10-11H2,(H,26,30)(H,27,33)/t21-/m1/s1. The van der Waals surface area contributed by atoms with Crippen LogP contribution >= 0.6 is 0 Å². The first-order valence-corrected chi connectivity index (χ1v) is 10.1. The van der Waals surface area contributed by atoms with E-state index in [1.54, 1.807) is 12.1 Å². The molecule has 0 saturated carbocycles. The lowest BCUT2D eigenvalue weighted by Crippen LogP contribution is -2.48. The first-order valence-electron chi connectivity index (χ1n) is 10.1. The summed E-state index contributed by atoms with van der Waals surface area (Å²) in [5, 5.41) is 5.03. The molecule has 0 radical (unpaired) electrons. The third-order valence-electron chi connectivity index (χ3n) is 6.21. The maximum Gasteiger partial charge on any atom is 0.416 e. The lowest BCUT2D eigenvalue weighted by atomic mass is 9.92. The first kappa shape index (κ1) is 21.0. The number of carbonyl (C=O) groups excluding carboxylic acids is 4. The molecule has 170 valence electrons. The van der Waals surface area contributed by atoms with Crippen molar-refractivity contribution in [1.82, 2.24) is 10.2 Å². The molecular weight excluding hydrogens is 441 g/mol. The Balaban J connectivity index is 1.41. The average Bonchev–Trinajstić information content (AvgIpc) is 3.25. The van der Waals surface area contributed by atoms with Gasteiger partial charge in [0, 0.05) is 0 Å². The van der Waals surface area contributed by atoms with E-state index in [0.717, 1.165) is 33.6 Å². The molecule has 2 aromatic carbocycles. The lowest BCUT2D eigenvalue weighted by Gasteiger charge is -2.30. The number of halogens is 3. The minimum absolute atomic E-state index is 0.0561. The fourth-order valence-corrected chi connectivity index (χ4v) is 4.64. The van der Waals surface area contributed by atoms with E-state index in [9.17, 15) is 32.3 Å². The van der Waals surface area contributed by atoms with Gasteiger partial charge in [-0.3, -0.25) is 24.2 Å². The number of carbonyl (C=O) groups is 4. The van der Waals surface area contributed by atoms with Crippen LogP contribution in [0.1, 0.15) is 23.1 Å². The van der Waals surface area contributed by atoms with E-state index >= 15 is 0 Å². The predicted octanol–water partition coefficient (Wildman–Crippen LogP) is 2.38. The number of hydrogen-bond acceptors (Lipinski definition) is 4. The van der Waals surface area contributed by atoms with Crippen molar-refractivity contribution in [3.8, 4) is 0 Å². The van der Waals surface area contributed by atoms with Crippen LogP contribution in [-0.2, 0) is 32.5 Å². The molecule has 1 spiro atoms. The predicted molar refractivity (Wildman–Crippen MR) is 109 cm³/mol. The highest BCUT2D eigenvalue weighted by Gasteiger charge is 2.55. The van der Waals surface area contributed by atoms with Crippen molar-refractivity contribution in [2.24, 2.45) is 0 Å². The maximum absolute atomic E-state index is 13.3. The monoisotopic (exact) mass is 458 g/mol. The second kappa shape index (κ2) is 7.06. The fraction of sp³-hybridized carbons (Fsp3) is 0.273. The number of hydrogen-bond donors (Lipinski definition) is 2. The summed E-state index contributed by atoms with van der Waals surface area (Å²) < 4.78 is 39.1. The van der Waals surface area contributed by atoms with Crippen molar-refractivity contribution in [2.75, 3.05) is 23.3 Å². The lowest BCUT2D eigenvalue weighted by molar-refractivity contribution is -0.137. The number of fused-ring (bicyclic) bond motifs is 3. The molecule has 33 heavy (non-hydrogen) atoms. The molecule has 11 heteroatoms. The zero-order valence-corrected chi connectivity index (χ0v) is 17.0. The minimum Gasteiger partial charge on any atom is -0.323 e. The Morgan fingerprint density at radius 1 is 1.09 bits per heavy atom. The smallest absolute Gasteiger partial charge is 0.323 e. The molecule has 2 N–H and O–H groups in total. The van der Waals surface area contributed by atoms with Crippen molar-refractivity contribution in [3.63, 3.8) is 0 Å². The number of amides is 5. The van der Waals surface area contributed by atoms with Crippen LogP contribution in [0.25, 0.3) is 0 Å². The van der Waals surface area contributed by atoms with Crippen LogP contribution in [0.5, 0.6) is 0 Å². The number of anilines is 2. The van der Waals surface area contributed by atoms with Crippen LogP contribution in [0.15, 0.2) is 42.5 Å². The number of aryl methyl sites for hydroxylation is 1. The molecule has 5 amide bonds. The van der Waals surface area contributed by atoms with Gasteiger partial charge in [0.15, 0.2) is 0 Å². The van der Waals surface area contributed by atoms with E-state index in [1.165, 1.54) is 0 Å². The Bertz CT molecular complexity index is 1230. The van der Waals surface area contributed by atoms with Crippen molar-refractivity contribution in [1.29, 1.82) is 0 Å². The second-order valence-electron chi connectivity index (χ2n) is 8.14. The number of rotatable bonds is 2. The molecule has 8 nitrogen and oxygen atoms in total. The van der Waals surface area contributed by atoms with Crippen molar-refractivity contribution in [3.05, 3.63) is 59.2 Å². The van der Waals surface area contributed by atoms with Gasteiger partial charge in [-0.25, -0.2) is 4.79 Å². The first-order chi connectivity index (χ1) is 15.6. The molecule has 1 aliphatic carbocycles. The number of urea groups is 1. The number of nitrogens with one attached hydrogen (secondary N) is 2. The molecule has 0 aromatic heterocycles. The van der Waals surface area contributed by atoms with Crippen LogP contribution in [0.4, 0.5) is 29.3 Å². The molecule has 2 heterocycles. The highest BCUT2D eigenvalue weighted by Crippen LogP contribution is 2.41. The Hall–Kier alpha value is -3.89. The Morgan fingerprint density at radius 2 is 1.85 bits per heavy atom. The molecule has 2 aromatic rings. The van der Waals surface area contributed by atoms with E-state index in [0.29, 0.717) is 18.4 Å². The molecule has 5 rings (SSSR count). The van der Waals surface area contributed by atoms with E-state index < -0.39 is 54.1 Å². The second-order valence-corrected chi connectivity index (χ2v) is 8.14. The Labute approximate surface area is 185 Å². The number of benzene rings is 2. The van der Waals surface area contributed by atoms with Crippen LogP contribution in [0.3, 0.4) is 0 Å². The van der Waals surface area contributed by atoms with Crippen LogP contribution in [0.2, 0.25) is 0 Å². The topological polar surface area (TPSA) is 98.8 Å². The van der Waals surface area contributed by atoms with Gasteiger partial charge in [-0.2, -0.15) is 13.2 Å². The number of nitrogens with zero attached hydrogens (tertiary/aromatic N) is 2. The number of imide groups is 1. The summed E-state index contributed by atoms with van der Waals surface area (Å²) in [4.78, 5) is 52.8. The van der Waals surface area contributed by atoms with Gasteiger partial charge in [0.1, 0.15) is 18.6 Å². The summed E-state index contributed by atoms with van der Waals surface area (Å²) in [6.45, 7) is -1.10. The zero-order valence-electron chi connectivity index (χ0n) is 17.0. The quantitative estimate of drug-likeness (QED) is 0.676. The third kappa shape index (κ3) is 3.22. The summed E-state index contributed by atoms with van der Waals surface area (Å²) in [6, 6.07) is 9.11. The molecule has 0 unspecified atom stereocenters. The van der Waals surface area contributed by atoms with Gasteiger partial charge in [-0.05, 0) is 42.2 Å². The molecular formula is C22H17F3N4O4. The van der Waals surface area contributed by atoms with Gasteiger partial charge in [-0.15, -0.1) is 0 Å². The Kier molecular flexibility index (Phi) is 4.49. The van der Waals surface area contributed by atoms with E-state index in [-0.39, 0.29) is 11.4 Å². The summed E-state index contributed by atoms with van der Waals surface area (Å²) in [5.41, 5.74) is -0.727. The normalized spacial score (nSPS) is 21.7. The SMILES string of the molecule is O=C1CN(C(=O)CN2C(=O)N[C@@]3(CCc4ccccc43)C2=O)c2ccc(C(F)(F)F)cc2N1. The van der Waals surface area contributed by atoms with Crippen molar-refractivity contribution < 1.29 is 32.3 Å². The van der Waals surface area contributed by atoms with E-state index in [2.05, 4.69) is 10.6 Å². The van der Waals surface area contributed by atoms with Gasteiger partial charge >= 0.3 is 12.2 Å². The van der Waals surface area contributed by atoms with E-state index in [4.69, 9.17) is 0 Å². The van der Waals surface area contributed by atoms with Gasteiger partial charge in [-0.1, -0.05) is 24.3 Å². The van der Waals surface area contributed by atoms with Crippen molar-refractivity contribution in [2.45, 2.75) is 24.6 Å². The van der Waals surface area contributed by atoms with Gasteiger partial charge in [0.2, 0.25) is 11.8 Å². The Morgan fingerprint density at radius 3 is 2.61 bits per heavy atom. The van der Waals surface area contributed by atoms with E-state index in [1.807, 2.05) is 12.1 Å². The summed E-state index contributed by atoms with van der Waals surface area (Å²) in [6.07, 6.45) is -3.68. The minimum atomic E-state index is -4.63. The molecule has 2 aliphatic heterocycles. The maximum atomic E-state index is 13.3. The van der Waals surface area contributed by atoms with Gasteiger partial charge in [0.25, 0.3) is 5.91 Å². The molecule has 1 fully saturated rings. The highest BCUT2D eigenvalue weighted by molar-refractivity contribution is 6.14. The van der Waals surface area contributed by atoms with Gasteiger partial charge < -0.3 is 10.6 Å².